The minimum absolute atomic E-state index is 0.0896. The van der Waals surface area contributed by atoms with Gasteiger partial charge in [-0.15, -0.1) is 0 Å². The van der Waals surface area contributed by atoms with E-state index in [-0.39, 0.29) is 11.6 Å². The quantitative estimate of drug-likeness (QED) is 0.626. The third kappa shape index (κ3) is 1.40. The van der Waals surface area contributed by atoms with Crippen LogP contribution in [-0.4, -0.2) is 11.6 Å². The van der Waals surface area contributed by atoms with Crippen molar-refractivity contribution in [3.05, 3.63) is 56.5 Å². The molecule has 2 aromatic rings. The van der Waals surface area contributed by atoms with Crippen molar-refractivity contribution in [2.75, 3.05) is 0 Å². The largest absolute Gasteiger partial charge is 0.465 e. The zero-order valence-corrected chi connectivity index (χ0v) is 12.3. The Morgan fingerprint density at radius 1 is 0.700 bits per heavy atom. The highest BCUT2D eigenvalue weighted by atomic mass is 16.3. The number of carbonyl (C=O) groups is 2. The van der Waals surface area contributed by atoms with Gasteiger partial charge in [0.25, 0.3) is 0 Å². The third-order valence-corrected chi connectivity index (χ3v) is 4.21. The highest BCUT2D eigenvalue weighted by Crippen LogP contribution is 2.36. The van der Waals surface area contributed by atoms with E-state index >= 15 is 0 Å². The average Bonchev–Trinajstić information content (AvgIpc) is 2.66. The molecule has 3 nitrogen and oxygen atoms in total. The third-order valence-electron chi connectivity index (χ3n) is 4.21. The molecule has 0 saturated heterocycles. The smallest absolute Gasteiger partial charge is 0.198 e. The maximum Gasteiger partial charge on any atom is 0.198 e. The maximum absolute atomic E-state index is 12.8. The number of carbonyl (C=O) groups excluding carboxylic acids is 2. The van der Waals surface area contributed by atoms with Gasteiger partial charge in [-0.25, -0.2) is 0 Å². The van der Waals surface area contributed by atoms with Gasteiger partial charge in [-0.05, 0) is 51.3 Å². The zero-order valence-electron chi connectivity index (χ0n) is 12.3. The SMILES string of the molecule is Cc1cc(C)c2c(c1C)C(=O)c1c(C)oc(C)c1C2=O. The molecule has 0 bridgehead atoms. The Labute approximate surface area is 117 Å². The molecule has 0 amide bonds. The van der Waals surface area contributed by atoms with Crippen LogP contribution in [-0.2, 0) is 0 Å². The highest BCUT2D eigenvalue weighted by Gasteiger charge is 2.37. The first-order chi connectivity index (χ1) is 9.34. The Morgan fingerprint density at radius 2 is 1.20 bits per heavy atom. The summed E-state index contributed by atoms with van der Waals surface area (Å²) in [5, 5.41) is 0. The Morgan fingerprint density at radius 3 is 1.75 bits per heavy atom. The summed E-state index contributed by atoms with van der Waals surface area (Å²) in [6.45, 7) is 9.21. The van der Waals surface area contributed by atoms with Gasteiger partial charge in [0.2, 0.25) is 0 Å². The van der Waals surface area contributed by atoms with E-state index < -0.39 is 0 Å². The van der Waals surface area contributed by atoms with Crippen molar-refractivity contribution in [2.45, 2.75) is 34.6 Å². The van der Waals surface area contributed by atoms with Crippen molar-refractivity contribution in [1.82, 2.24) is 0 Å². The molecule has 1 aromatic heterocycles. The van der Waals surface area contributed by atoms with Crippen LogP contribution in [0.3, 0.4) is 0 Å². The van der Waals surface area contributed by atoms with Crippen molar-refractivity contribution in [3.63, 3.8) is 0 Å². The lowest BCUT2D eigenvalue weighted by molar-refractivity contribution is 0.0978. The zero-order chi connectivity index (χ0) is 14.8. The van der Waals surface area contributed by atoms with Crippen molar-refractivity contribution in [2.24, 2.45) is 0 Å². The monoisotopic (exact) mass is 268 g/mol. The Kier molecular flexibility index (Phi) is 2.52. The molecular formula is C17H16O3. The van der Waals surface area contributed by atoms with Gasteiger partial charge >= 0.3 is 0 Å². The van der Waals surface area contributed by atoms with E-state index in [1.54, 1.807) is 13.8 Å². The van der Waals surface area contributed by atoms with Gasteiger partial charge in [0.05, 0.1) is 11.1 Å². The van der Waals surface area contributed by atoms with Gasteiger partial charge < -0.3 is 4.42 Å². The average molecular weight is 268 g/mol. The molecule has 0 radical (unpaired) electrons. The lowest BCUT2D eigenvalue weighted by Crippen LogP contribution is -2.23. The number of rotatable bonds is 0. The molecule has 0 atom stereocenters. The number of fused-ring (bicyclic) bond motifs is 2. The molecular weight excluding hydrogens is 252 g/mol. The molecule has 20 heavy (non-hydrogen) atoms. The fourth-order valence-corrected chi connectivity index (χ4v) is 3.14. The minimum atomic E-state index is -0.0930. The summed E-state index contributed by atoms with van der Waals surface area (Å²) < 4.78 is 5.51. The Balaban J connectivity index is 2.46. The first-order valence-electron chi connectivity index (χ1n) is 6.64. The van der Waals surface area contributed by atoms with E-state index in [4.69, 9.17) is 4.42 Å². The van der Waals surface area contributed by atoms with Crippen molar-refractivity contribution in [3.8, 4) is 0 Å². The van der Waals surface area contributed by atoms with E-state index in [9.17, 15) is 9.59 Å². The molecule has 0 unspecified atom stereocenters. The summed E-state index contributed by atoms with van der Waals surface area (Å²) in [7, 11) is 0. The van der Waals surface area contributed by atoms with Crippen LogP contribution in [0.4, 0.5) is 0 Å². The number of hydrogen-bond acceptors (Lipinski definition) is 3. The molecule has 1 heterocycles. The van der Waals surface area contributed by atoms with Gasteiger partial charge in [0.15, 0.2) is 11.6 Å². The Bertz CT molecular complexity index is 791. The molecule has 3 rings (SSSR count). The van der Waals surface area contributed by atoms with E-state index in [1.165, 1.54) is 0 Å². The van der Waals surface area contributed by atoms with E-state index in [0.29, 0.717) is 33.8 Å². The summed E-state index contributed by atoms with van der Waals surface area (Å²) in [4.78, 5) is 25.6. The second kappa shape index (κ2) is 3.92. The first-order valence-corrected chi connectivity index (χ1v) is 6.64. The standard InChI is InChI=1S/C17H16O3/c1-7-6-8(2)12-13(9(7)3)17(19)15-11(5)20-10(4)14(15)16(12)18/h6H,1-5H3. The van der Waals surface area contributed by atoms with Crippen LogP contribution in [0, 0.1) is 34.6 Å². The van der Waals surface area contributed by atoms with Gasteiger partial charge in [0, 0.05) is 11.1 Å². The summed E-state index contributed by atoms with van der Waals surface area (Å²) >= 11 is 0. The predicted molar refractivity (Wildman–Crippen MR) is 75.7 cm³/mol. The molecule has 0 saturated carbocycles. The first kappa shape index (κ1) is 12.9. The summed E-state index contributed by atoms with van der Waals surface area (Å²) in [5.41, 5.74) is 4.72. The second-order valence-electron chi connectivity index (χ2n) is 5.51. The maximum atomic E-state index is 12.8. The molecule has 1 aliphatic carbocycles. The van der Waals surface area contributed by atoms with Crippen LogP contribution in [0.5, 0.6) is 0 Å². The van der Waals surface area contributed by atoms with Gasteiger partial charge in [-0.1, -0.05) is 6.07 Å². The fourth-order valence-electron chi connectivity index (χ4n) is 3.14. The summed E-state index contributed by atoms with van der Waals surface area (Å²) in [6, 6.07) is 1.96. The van der Waals surface area contributed by atoms with E-state index in [1.807, 2.05) is 26.8 Å². The molecule has 0 fully saturated rings. The molecule has 0 spiro atoms. The van der Waals surface area contributed by atoms with Gasteiger partial charge in [-0.2, -0.15) is 0 Å². The van der Waals surface area contributed by atoms with Gasteiger partial charge in [0.1, 0.15) is 11.5 Å². The molecule has 1 aliphatic rings. The van der Waals surface area contributed by atoms with Crippen LogP contribution >= 0.6 is 0 Å². The molecule has 102 valence electrons. The lowest BCUT2D eigenvalue weighted by Gasteiger charge is -2.20. The van der Waals surface area contributed by atoms with Crippen LogP contribution in [0.15, 0.2) is 10.5 Å². The normalized spacial score (nSPS) is 13.4. The van der Waals surface area contributed by atoms with Crippen LogP contribution in [0.2, 0.25) is 0 Å². The van der Waals surface area contributed by atoms with Crippen LogP contribution in [0.1, 0.15) is 60.1 Å². The number of hydrogen-bond donors (Lipinski definition) is 0. The number of ketones is 2. The molecule has 0 N–H and O–H groups in total. The second-order valence-corrected chi connectivity index (χ2v) is 5.51. The van der Waals surface area contributed by atoms with Crippen molar-refractivity contribution in [1.29, 1.82) is 0 Å². The van der Waals surface area contributed by atoms with E-state index in [2.05, 4.69) is 0 Å². The van der Waals surface area contributed by atoms with Crippen LogP contribution in [0.25, 0.3) is 0 Å². The van der Waals surface area contributed by atoms with Crippen molar-refractivity contribution >= 4 is 11.6 Å². The van der Waals surface area contributed by atoms with Crippen LogP contribution < -0.4 is 0 Å². The molecule has 3 heteroatoms. The number of benzene rings is 1. The van der Waals surface area contributed by atoms with Crippen molar-refractivity contribution < 1.29 is 14.0 Å². The van der Waals surface area contributed by atoms with Gasteiger partial charge in [-0.3, -0.25) is 9.59 Å². The highest BCUT2D eigenvalue weighted by molar-refractivity contribution is 6.30. The molecule has 0 aliphatic heterocycles. The predicted octanol–water partition coefficient (Wildman–Crippen LogP) is 3.60. The number of aryl methyl sites for hydroxylation is 4. The topological polar surface area (TPSA) is 47.3 Å². The fraction of sp³-hybridized carbons (Fsp3) is 0.294. The van der Waals surface area contributed by atoms with E-state index in [0.717, 1.165) is 16.7 Å². The molecule has 1 aromatic carbocycles. The lowest BCUT2D eigenvalue weighted by atomic mass is 9.79. The summed E-state index contributed by atoms with van der Waals surface area (Å²) in [6.07, 6.45) is 0. The Hall–Kier alpha value is -2.16. The minimum Gasteiger partial charge on any atom is -0.465 e. The summed E-state index contributed by atoms with van der Waals surface area (Å²) in [5.74, 6) is 0.872. The number of furan rings is 1.